The van der Waals surface area contributed by atoms with Gasteiger partial charge in [-0.15, -0.1) is 0 Å². The maximum atomic E-state index is 12.6. The summed E-state index contributed by atoms with van der Waals surface area (Å²) in [6.07, 6.45) is 0.312. The average molecular weight is 391 g/mol. The lowest BCUT2D eigenvalue weighted by Crippen LogP contribution is -2.53. The van der Waals surface area contributed by atoms with Crippen LogP contribution >= 0.6 is 0 Å². The Balaban J connectivity index is 1.83. The smallest absolute Gasteiger partial charge is 0.409 e. The highest BCUT2D eigenvalue weighted by Gasteiger charge is 2.26. The van der Waals surface area contributed by atoms with Gasteiger partial charge >= 0.3 is 6.09 Å². The number of rotatable bonds is 7. The van der Waals surface area contributed by atoms with Crippen LogP contribution < -0.4 is 4.74 Å². The lowest BCUT2D eigenvalue weighted by atomic mass is 10.1. The minimum absolute atomic E-state index is 0.0465. The van der Waals surface area contributed by atoms with Gasteiger partial charge in [-0.2, -0.15) is 0 Å². The average Bonchev–Trinajstić information content (AvgIpc) is 2.71. The lowest BCUT2D eigenvalue weighted by Gasteiger charge is -2.35. The van der Waals surface area contributed by atoms with Crippen molar-refractivity contribution in [2.24, 2.45) is 0 Å². The van der Waals surface area contributed by atoms with Crippen LogP contribution in [0, 0.1) is 0 Å². The highest BCUT2D eigenvalue weighted by Crippen LogP contribution is 2.12. The van der Waals surface area contributed by atoms with Gasteiger partial charge in [-0.25, -0.2) is 4.79 Å². The van der Waals surface area contributed by atoms with Gasteiger partial charge in [0.1, 0.15) is 5.75 Å². The first kappa shape index (κ1) is 21.5. The Morgan fingerprint density at radius 1 is 1.04 bits per heavy atom. The zero-order valence-corrected chi connectivity index (χ0v) is 16.8. The van der Waals surface area contributed by atoms with E-state index in [1.54, 1.807) is 28.7 Å². The van der Waals surface area contributed by atoms with Gasteiger partial charge in [0.2, 0.25) is 11.8 Å². The first-order chi connectivity index (χ1) is 13.4. The molecule has 2 rings (SSSR count). The van der Waals surface area contributed by atoms with Crippen molar-refractivity contribution in [3.05, 3.63) is 29.8 Å². The molecule has 0 saturated carbocycles. The molecule has 1 aromatic rings. The van der Waals surface area contributed by atoms with E-state index >= 15 is 0 Å². The van der Waals surface area contributed by atoms with E-state index in [0.717, 1.165) is 11.3 Å². The molecule has 3 amide bonds. The van der Waals surface area contributed by atoms with E-state index in [-0.39, 0.29) is 24.5 Å². The summed E-state index contributed by atoms with van der Waals surface area (Å²) in [5, 5.41) is 0. The number of carbonyl (C=O) groups excluding carboxylic acids is 3. The molecular weight excluding hydrogens is 362 g/mol. The summed E-state index contributed by atoms with van der Waals surface area (Å²) in [6, 6.07) is 7.66. The summed E-state index contributed by atoms with van der Waals surface area (Å²) in [6.45, 7) is 5.86. The Labute approximate surface area is 166 Å². The molecule has 0 spiro atoms. The number of benzene rings is 1. The number of carbonyl (C=O) groups is 3. The Morgan fingerprint density at radius 3 is 2.18 bits per heavy atom. The van der Waals surface area contributed by atoms with Gasteiger partial charge in [-0.1, -0.05) is 12.1 Å². The molecule has 0 atom stereocenters. The maximum absolute atomic E-state index is 12.6. The van der Waals surface area contributed by atoms with Crippen LogP contribution in [0.5, 0.6) is 5.75 Å². The molecule has 1 saturated heterocycles. The number of amides is 3. The number of hydrogen-bond donors (Lipinski definition) is 0. The number of hydrogen-bond acceptors (Lipinski definition) is 5. The molecule has 0 unspecified atom stereocenters. The Kier molecular flexibility index (Phi) is 8.10. The monoisotopic (exact) mass is 391 g/mol. The standard InChI is InChI=1S/C20H29N3O5/c1-4-28-20(26)22-13-11-21(12-14-22)19(25)15-23(16(2)24)10-9-17-5-7-18(27-3)8-6-17/h5-8H,4,9-15H2,1-3H3. The van der Waals surface area contributed by atoms with Gasteiger partial charge in [-0.05, 0) is 31.0 Å². The molecule has 1 aliphatic heterocycles. The van der Waals surface area contributed by atoms with Crippen molar-refractivity contribution < 1.29 is 23.9 Å². The number of ether oxygens (including phenoxy) is 2. The molecule has 1 aliphatic rings. The van der Waals surface area contributed by atoms with E-state index in [1.165, 1.54) is 6.92 Å². The second kappa shape index (κ2) is 10.5. The van der Waals surface area contributed by atoms with Crippen LogP contribution in [-0.2, 0) is 20.7 Å². The molecule has 1 aromatic carbocycles. The van der Waals surface area contributed by atoms with Crippen molar-refractivity contribution >= 4 is 17.9 Å². The first-order valence-corrected chi connectivity index (χ1v) is 9.52. The largest absolute Gasteiger partial charge is 0.497 e. The van der Waals surface area contributed by atoms with Crippen molar-refractivity contribution in [2.45, 2.75) is 20.3 Å². The molecule has 0 aliphatic carbocycles. The Hall–Kier alpha value is -2.77. The van der Waals surface area contributed by atoms with Crippen molar-refractivity contribution in [1.29, 1.82) is 0 Å². The van der Waals surface area contributed by atoms with Gasteiger partial charge in [0.05, 0.1) is 20.3 Å². The molecule has 8 nitrogen and oxygen atoms in total. The third-order valence-electron chi connectivity index (χ3n) is 4.76. The third-order valence-corrected chi connectivity index (χ3v) is 4.76. The lowest BCUT2D eigenvalue weighted by molar-refractivity contribution is -0.140. The fourth-order valence-electron chi connectivity index (χ4n) is 3.02. The highest BCUT2D eigenvalue weighted by atomic mass is 16.6. The third kappa shape index (κ3) is 6.14. The van der Waals surface area contributed by atoms with Crippen LogP contribution in [0.1, 0.15) is 19.4 Å². The van der Waals surface area contributed by atoms with Gasteiger partial charge in [0.15, 0.2) is 0 Å². The van der Waals surface area contributed by atoms with E-state index < -0.39 is 0 Å². The van der Waals surface area contributed by atoms with Gasteiger partial charge in [0.25, 0.3) is 0 Å². The summed E-state index contributed by atoms with van der Waals surface area (Å²) >= 11 is 0. The van der Waals surface area contributed by atoms with Crippen LogP contribution in [0.25, 0.3) is 0 Å². The summed E-state index contributed by atoms with van der Waals surface area (Å²) in [4.78, 5) is 41.1. The van der Waals surface area contributed by atoms with Crippen LogP contribution in [0.3, 0.4) is 0 Å². The molecule has 0 radical (unpaired) electrons. The van der Waals surface area contributed by atoms with Gasteiger partial charge in [0, 0.05) is 39.6 Å². The Morgan fingerprint density at radius 2 is 1.64 bits per heavy atom. The molecule has 1 heterocycles. The molecule has 0 bridgehead atoms. The minimum Gasteiger partial charge on any atom is -0.497 e. The summed E-state index contributed by atoms with van der Waals surface area (Å²) < 4.78 is 10.1. The van der Waals surface area contributed by atoms with Crippen LogP contribution in [0.15, 0.2) is 24.3 Å². The van der Waals surface area contributed by atoms with Gasteiger partial charge in [-0.3, -0.25) is 9.59 Å². The second-order valence-corrected chi connectivity index (χ2v) is 6.61. The van der Waals surface area contributed by atoms with E-state index in [4.69, 9.17) is 9.47 Å². The molecule has 154 valence electrons. The number of nitrogens with zero attached hydrogens (tertiary/aromatic N) is 3. The zero-order valence-electron chi connectivity index (χ0n) is 16.8. The van der Waals surface area contributed by atoms with Crippen molar-refractivity contribution in [3.63, 3.8) is 0 Å². The van der Waals surface area contributed by atoms with Crippen LogP contribution in [0.2, 0.25) is 0 Å². The Bertz CT molecular complexity index is 669. The van der Waals surface area contributed by atoms with Crippen LogP contribution in [-0.4, -0.2) is 85.6 Å². The van der Waals surface area contributed by atoms with E-state index in [1.807, 2.05) is 24.3 Å². The maximum Gasteiger partial charge on any atom is 0.409 e. The topological polar surface area (TPSA) is 79.4 Å². The van der Waals surface area contributed by atoms with E-state index in [9.17, 15) is 14.4 Å². The van der Waals surface area contributed by atoms with E-state index in [0.29, 0.717) is 45.8 Å². The fraction of sp³-hybridized carbons (Fsp3) is 0.550. The fourth-order valence-corrected chi connectivity index (χ4v) is 3.02. The second-order valence-electron chi connectivity index (χ2n) is 6.61. The summed E-state index contributed by atoms with van der Waals surface area (Å²) in [7, 11) is 1.62. The van der Waals surface area contributed by atoms with Crippen LogP contribution in [0.4, 0.5) is 4.79 Å². The zero-order chi connectivity index (χ0) is 20.5. The SMILES string of the molecule is CCOC(=O)N1CCN(C(=O)CN(CCc2ccc(OC)cc2)C(C)=O)CC1. The number of methoxy groups -OCH3 is 1. The van der Waals surface area contributed by atoms with Crippen molar-refractivity contribution in [2.75, 3.05) is 53.0 Å². The summed E-state index contributed by atoms with van der Waals surface area (Å²) in [5.41, 5.74) is 1.07. The quantitative estimate of drug-likeness (QED) is 0.702. The molecule has 0 aromatic heterocycles. The minimum atomic E-state index is -0.348. The predicted molar refractivity (Wildman–Crippen MR) is 104 cm³/mol. The normalized spacial score (nSPS) is 13.8. The summed E-state index contributed by atoms with van der Waals surface area (Å²) in [5.74, 6) is 0.546. The molecule has 28 heavy (non-hydrogen) atoms. The predicted octanol–water partition coefficient (Wildman–Crippen LogP) is 1.39. The number of piperazine rings is 1. The highest BCUT2D eigenvalue weighted by molar-refractivity contribution is 5.84. The van der Waals surface area contributed by atoms with E-state index in [2.05, 4.69) is 0 Å². The van der Waals surface area contributed by atoms with Crippen molar-refractivity contribution in [3.8, 4) is 5.75 Å². The molecule has 0 N–H and O–H groups in total. The molecule has 1 fully saturated rings. The van der Waals surface area contributed by atoms with Gasteiger partial charge < -0.3 is 24.2 Å². The molecular formula is C20H29N3O5. The first-order valence-electron chi connectivity index (χ1n) is 9.52. The van der Waals surface area contributed by atoms with Crippen molar-refractivity contribution in [1.82, 2.24) is 14.7 Å². The molecule has 8 heteroatoms.